The first-order valence-electron chi connectivity index (χ1n) is 4.09. The van der Waals surface area contributed by atoms with E-state index in [2.05, 4.69) is 16.8 Å². The largest absolute Gasteiger partial charge is 0.445 e. The van der Waals surface area contributed by atoms with E-state index in [9.17, 15) is 0 Å². The molecule has 64 valence electrons. The Bertz CT molecular complexity index is 116. The predicted molar refractivity (Wildman–Crippen MR) is 57.9 cm³/mol. The van der Waals surface area contributed by atoms with Crippen molar-refractivity contribution in [1.29, 1.82) is 0 Å². The Balaban J connectivity index is 3.17. The second-order valence-electron chi connectivity index (χ2n) is 2.43. The summed E-state index contributed by atoms with van der Waals surface area (Å²) in [4.78, 5) is 0. The van der Waals surface area contributed by atoms with E-state index in [-0.39, 0.29) is 6.10 Å². The van der Waals surface area contributed by atoms with Gasteiger partial charge in [-0.1, -0.05) is 18.5 Å². The number of allylic oxidation sites excluding steroid dienone is 2. The molecule has 0 N–H and O–H groups in total. The van der Waals surface area contributed by atoms with Crippen LogP contribution in [-0.4, -0.2) is 33.5 Å². The molecule has 0 fully saturated rings. The monoisotopic (exact) mass is 180 g/mol. The molecule has 4 radical (unpaired) electrons. The van der Waals surface area contributed by atoms with Crippen molar-refractivity contribution < 1.29 is 4.65 Å². The summed E-state index contributed by atoms with van der Waals surface area (Å²) >= 11 is 1.81. The third-order valence-electron chi connectivity index (χ3n) is 1.42. The minimum atomic E-state index is 0.000561. The molecule has 0 amide bonds. The van der Waals surface area contributed by atoms with Crippen LogP contribution in [0.1, 0.15) is 13.3 Å². The Kier molecular flexibility index (Phi) is 9.41. The van der Waals surface area contributed by atoms with Crippen LogP contribution in [0, 0.1) is 0 Å². The summed E-state index contributed by atoms with van der Waals surface area (Å²) in [5.41, 5.74) is 0. The summed E-state index contributed by atoms with van der Waals surface area (Å²) in [6.07, 6.45) is 5.80. The lowest BCUT2D eigenvalue weighted by atomic mass is 10.0. The van der Waals surface area contributed by atoms with Gasteiger partial charge >= 0.3 is 0 Å². The molecule has 0 aliphatic rings. The fourth-order valence-corrected chi connectivity index (χ4v) is 1.64. The van der Waals surface area contributed by atoms with Crippen LogP contribution < -0.4 is 0 Å². The van der Waals surface area contributed by atoms with Crippen LogP contribution in [0.3, 0.4) is 0 Å². The molecule has 0 unspecified atom stereocenters. The lowest BCUT2D eigenvalue weighted by Crippen LogP contribution is -2.13. The number of thioether (sulfide) groups is 1. The summed E-state index contributed by atoms with van der Waals surface area (Å²) in [5, 5.41) is 0. The summed E-state index contributed by atoms with van der Waals surface area (Å²) in [7, 11) is 10.4. The highest BCUT2D eigenvalue weighted by Gasteiger charge is 2.01. The second kappa shape index (κ2) is 9.27. The van der Waals surface area contributed by atoms with E-state index >= 15 is 0 Å². The van der Waals surface area contributed by atoms with Gasteiger partial charge in [0.15, 0.2) is 0 Å². The van der Waals surface area contributed by atoms with Crippen molar-refractivity contribution in [3.63, 3.8) is 0 Å². The first-order valence-corrected chi connectivity index (χ1v) is 5.25. The van der Waals surface area contributed by atoms with Crippen molar-refractivity contribution in [2.24, 2.45) is 0 Å². The molecule has 0 aromatic carbocycles. The fraction of sp³-hybridized carbons (Fsp3) is 0.750. The molecule has 0 aromatic rings. The maximum absolute atomic E-state index is 5.39. The van der Waals surface area contributed by atoms with Crippen LogP contribution in [0.15, 0.2) is 12.2 Å². The number of hydrogen-bond donors (Lipinski definition) is 0. The molecule has 0 rings (SSSR count). The molecule has 0 heterocycles. The van der Waals surface area contributed by atoms with Crippen molar-refractivity contribution in [2.75, 3.05) is 11.5 Å². The van der Waals surface area contributed by atoms with Crippen LogP contribution in [0.4, 0.5) is 0 Å². The van der Waals surface area contributed by atoms with E-state index in [1.54, 1.807) is 0 Å². The van der Waals surface area contributed by atoms with Gasteiger partial charge in [-0.2, -0.15) is 11.8 Å². The molecule has 0 aliphatic heterocycles. The molecule has 0 saturated carbocycles. The molecule has 0 saturated heterocycles. The van der Waals surface area contributed by atoms with Gasteiger partial charge in [0, 0.05) is 11.9 Å². The number of hydrogen-bond acceptors (Lipinski definition) is 2. The maximum atomic E-state index is 5.39. The minimum Gasteiger partial charge on any atom is -0.445 e. The van der Waals surface area contributed by atoms with Gasteiger partial charge in [0.25, 0.3) is 8.05 Å². The van der Waals surface area contributed by atoms with Gasteiger partial charge in [-0.25, -0.2) is 0 Å². The first kappa shape index (κ1) is 12.2. The average Bonchev–Trinajstić information content (AvgIpc) is 2.11. The Hall–Kier alpha value is 0.180. The quantitative estimate of drug-likeness (QED) is 0.335. The molecule has 1 nitrogen and oxygen atoms in total. The lowest BCUT2D eigenvalue weighted by Gasteiger charge is -2.12. The van der Waals surface area contributed by atoms with Gasteiger partial charge in [0.1, 0.15) is 0 Å². The van der Waals surface area contributed by atoms with E-state index in [4.69, 9.17) is 15.9 Å². The van der Waals surface area contributed by atoms with Crippen molar-refractivity contribution >= 4 is 27.7 Å². The molecule has 0 aliphatic carbocycles. The standard InChI is InChI=1S/C8H14B2OS/c1-2-3-4-5-12-7-8(6-9)11-10/h2-3,8H,4-7H2,1H3/b3-2+/t8-/m1/s1. The van der Waals surface area contributed by atoms with Gasteiger partial charge in [-0.3, -0.25) is 0 Å². The first-order chi connectivity index (χ1) is 5.85. The Labute approximate surface area is 82.2 Å². The summed E-state index contributed by atoms with van der Waals surface area (Å²) < 4.78 is 4.64. The van der Waals surface area contributed by atoms with Crippen molar-refractivity contribution in [2.45, 2.75) is 25.8 Å². The molecule has 0 spiro atoms. The third kappa shape index (κ3) is 6.86. The zero-order valence-corrected chi connectivity index (χ0v) is 8.35. The van der Waals surface area contributed by atoms with Crippen molar-refractivity contribution in [1.82, 2.24) is 0 Å². The molecular weight excluding hydrogens is 166 g/mol. The maximum Gasteiger partial charge on any atom is 0.283 e. The summed E-state index contributed by atoms with van der Waals surface area (Å²) in [5.74, 6) is 1.98. The molecule has 0 bridgehead atoms. The van der Waals surface area contributed by atoms with Crippen LogP contribution in [0.2, 0.25) is 6.32 Å². The van der Waals surface area contributed by atoms with Crippen LogP contribution in [0.5, 0.6) is 0 Å². The highest BCUT2D eigenvalue weighted by atomic mass is 32.2. The van der Waals surface area contributed by atoms with Gasteiger partial charge in [0.2, 0.25) is 0 Å². The smallest absolute Gasteiger partial charge is 0.283 e. The van der Waals surface area contributed by atoms with Gasteiger partial charge in [0.05, 0.1) is 7.85 Å². The van der Waals surface area contributed by atoms with Gasteiger partial charge in [-0.15, -0.1) is 0 Å². The van der Waals surface area contributed by atoms with Crippen LogP contribution in [0.25, 0.3) is 0 Å². The fourth-order valence-electron chi connectivity index (χ4n) is 0.696. The molecule has 12 heavy (non-hydrogen) atoms. The van der Waals surface area contributed by atoms with Crippen molar-refractivity contribution in [3.8, 4) is 0 Å². The lowest BCUT2D eigenvalue weighted by molar-refractivity contribution is 0.272. The van der Waals surface area contributed by atoms with E-state index < -0.39 is 0 Å². The Morgan fingerprint density at radius 2 is 2.33 bits per heavy atom. The molecular formula is C8H14B2OS. The topological polar surface area (TPSA) is 9.23 Å². The minimum absolute atomic E-state index is 0.000561. The van der Waals surface area contributed by atoms with Crippen LogP contribution in [-0.2, 0) is 4.65 Å². The predicted octanol–water partition coefficient (Wildman–Crippen LogP) is 1.74. The summed E-state index contributed by atoms with van der Waals surface area (Å²) in [6.45, 7) is 2.02. The number of rotatable bonds is 7. The zero-order valence-electron chi connectivity index (χ0n) is 7.53. The Morgan fingerprint density at radius 3 is 2.83 bits per heavy atom. The average molecular weight is 180 g/mol. The highest BCUT2D eigenvalue weighted by molar-refractivity contribution is 7.99. The van der Waals surface area contributed by atoms with Crippen molar-refractivity contribution in [3.05, 3.63) is 12.2 Å². The Morgan fingerprint density at radius 1 is 1.58 bits per heavy atom. The van der Waals surface area contributed by atoms with Crippen LogP contribution >= 0.6 is 11.8 Å². The van der Waals surface area contributed by atoms with E-state index in [0.29, 0.717) is 6.32 Å². The second-order valence-corrected chi connectivity index (χ2v) is 3.58. The van der Waals surface area contributed by atoms with E-state index in [0.717, 1.165) is 17.9 Å². The van der Waals surface area contributed by atoms with Gasteiger partial charge in [-0.05, 0) is 19.1 Å². The molecule has 4 heteroatoms. The van der Waals surface area contributed by atoms with E-state index in [1.807, 2.05) is 18.7 Å². The third-order valence-corrected chi connectivity index (χ3v) is 2.56. The zero-order chi connectivity index (χ0) is 9.23. The van der Waals surface area contributed by atoms with E-state index in [1.165, 1.54) is 0 Å². The SMILES string of the molecule is [B]C[C@H](CSCC/C=C/C)O[B]. The molecule has 0 aromatic heterocycles. The molecule has 1 atom stereocenters. The highest BCUT2D eigenvalue weighted by Crippen LogP contribution is 2.08. The van der Waals surface area contributed by atoms with Gasteiger partial charge < -0.3 is 4.65 Å². The normalized spacial score (nSPS) is 13.8. The summed E-state index contributed by atoms with van der Waals surface area (Å²) in [6, 6.07) is 0.